The number of fused-ring (bicyclic) bond motifs is 2. The molecule has 0 radical (unpaired) electrons. The highest BCUT2D eigenvalue weighted by Gasteiger charge is 2.55. The average molecular weight is 170 g/mol. The minimum absolute atomic E-state index is 0.502. The highest BCUT2D eigenvalue weighted by molar-refractivity contribution is 5.47. The van der Waals surface area contributed by atoms with Gasteiger partial charge in [0, 0.05) is 11.8 Å². The second-order valence-corrected chi connectivity index (χ2v) is 4.29. The van der Waals surface area contributed by atoms with E-state index in [1.807, 2.05) is 0 Å². The van der Waals surface area contributed by atoms with Gasteiger partial charge in [0.25, 0.3) is 0 Å². The summed E-state index contributed by atoms with van der Waals surface area (Å²) >= 11 is 0. The topological polar surface area (TPSA) is 24.7 Å². The highest BCUT2D eigenvalue weighted by atomic mass is 15.2. The number of hydrogen-bond donors (Lipinski definition) is 0. The molecule has 0 aromatic heterocycles. The predicted octanol–water partition coefficient (Wildman–Crippen LogP) is 2.47. The fourth-order valence-corrected chi connectivity index (χ4v) is 3.31. The SMILES string of the molecule is c1ccc2c(c1)[C@H]1[C@@H]3N=N[C@H]1C[C@@H]23. The summed E-state index contributed by atoms with van der Waals surface area (Å²) in [5, 5.41) is 8.68. The summed E-state index contributed by atoms with van der Waals surface area (Å²) < 4.78 is 0. The van der Waals surface area contributed by atoms with Gasteiger partial charge in [0.15, 0.2) is 0 Å². The van der Waals surface area contributed by atoms with Crippen LogP contribution in [0.5, 0.6) is 0 Å². The van der Waals surface area contributed by atoms with Gasteiger partial charge in [-0.1, -0.05) is 24.3 Å². The fraction of sp³-hybridized carbons (Fsp3) is 0.455. The van der Waals surface area contributed by atoms with E-state index in [0.717, 1.165) is 0 Å². The minimum atomic E-state index is 0.502. The summed E-state index contributed by atoms with van der Waals surface area (Å²) in [5.74, 6) is 1.34. The van der Waals surface area contributed by atoms with Crippen molar-refractivity contribution < 1.29 is 0 Å². The maximum Gasteiger partial charge on any atom is 0.0867 e. The lowest BCUT2D eigenvalue weighted by Gasteiger charge is -2.19. The third kappa shape index (κ3) is 0.559. The molecule has 1 saturated carbocycles. The normalized spacial score (nSPS) is 42.8. The van der Waals surface area contributed by atoms with Crippen LogP contribution in [-0.4, -0.2) is 12.1 Å². The van der Waals surface area contributed by atoms with Gasteiger partial charge in [-0.2, -0.15) is 10.2 Å². The van der Waals surface area contributed by atoms with E-state index in [4.69, 9.17) is 0 Å². The molecule has 4 atom stereocenters. The first-order valence-electron chi connectivity index (χ1n) is 4.94. The lowest BCUT2D eigenvalue weighted by molar-refractivity contribution is 0.559. The molecule has 1 aliphatic heterocycles. The summed E-state index contributed by atoms with van der Waals surface area (Å²) in [6.07, 6.45) is 1.25. The Bertz CT molecular complexity index is 410. The average Bonchev–Trinajstić information content (AvgIpc) is 2.82. The molecule has 1 heterocycles. The Kier molecular flexibility index (Phi) is 0.891. The zero-order valence-corrected chi connectivity index (χ0v) is 7.22. The van der Waals surface area contributed by atoms with E-state index in [1.165, 1.54) is 12.0 Å². The molecule has 0 unspecified atom stereocenters. The van der Waals surface area contributed by atoms with Crippen LogP contribution in [0.1, 0.15) is 29.4 Å². The van der Waals surface area contributed by atoms with Gasteiger partial charge < -0.3 is 0 Å². The second-order valence-electron chi connectivity index (χ2n) is 4.29. The molecular formula is C11H10N2. The Morgan fingerprint density at radius 1 is 1.08 bits per heavy atom. The molecule has 2 heteroatoms. The Hall–Kier alpha value is -1.18. The molecule has 64 valence electrons. The zero-order valence-electron chi connectivity index (χ0n) is 7.22. The van der Waals surface area contributed by atoms with E-state index in [2.05, 4.69) is 34.5 Å². The molecule has 0 saturated heterocycles. The van der Waals surface area contributed by atoms with E-state index in [9.17, 15) is 0 Å². The lowest BCUT2D eigenvalue weighted by atomic mass is 9.89. The smallest absolute Gasteiger partial charge is 0.0867 e. The van der Waals surface area contributed by atoms with Crippen molar-refractivity contribution in [1.29, 1.82) is 0 Å². The maximum absolute atomic E-state index is 4.37. The summed E-state index contributed by atoms with van der Waals surface area (Å²) in [7, 11) is 0. The van der Waals surface area contributed by atoms with Crippen molar-refractivity contribution in [3.8, 4) is 0 Å². The summed E-state index contributed by atoms with van der Waals surface area (Å²) in [6.45, 7) is 0. The van der Waals surface area contributed by atoms with Crippen LogP contribution in [0.15, 0.2) is 34.5 Å². The molecule has 4 bridgehead atoms. The molecule has 1 aromatic rings. The summed E-state index contributed by atoms with van der Waals surface area (Å²) in [6, 6.07) is 9.83. The van der Waals surface area contributed by atoms with E-state index in [1.54, 1.807) is 5.56 Å². The molecule has 1 fully saturated rings. The number of rotatable bonds is 0. The first kappa shape index (κ1) is 6.30. The van der Waals surface area contributed by atoms with Crippen LogP contribution in [0, 0.1) is 0 Å². The quantitative estimate of drug-likeness (QED) is 0.571. The van der Waals surface area contributed by atoms with Crippen molar-refractivity contribution in [3.05, 3.63) is 35.4 Å². The highest BCUT2D eigenvalue weighted by Crippen LogP contribution is 2.58. The van der Waals surface area contributed by atoms with Crippen LogP contribution < -0.4 is 0 Å². The van der Waals surface area contributed by atoms with Gasteiger partial charge in [0.05, 0.1) is 12.1 Å². The van der Waals surface area contributed by atoms with Crippen molar-refractivity contribution in [3.63, 3.8) is 0 Å². The third-order valence-electron chi connectivity index (χ3n) is 3.79. The predicted molar refractivity (Wildman–Crippen MR) is 49.0 cm³/mol. The van der Waals surface area contributed by atoms with Crippen LogP contribution >= 0.6 is 0 Å². The molecule has 0 spiro atoms. The fourth-order valence-electron chi connectivity index (χ4n) is 3.31. The van der Waals surface area contributed by atoms with E-state index < -0.39 is 0 Å². The lowest BCUT2D eigenvalue weighted by Crippen LogP contribution is -2.11. The molecule has 2 aliphatic carbocycles. The Balaban J connectivity index is 2.01. The van der Waals surface area contributed by atoms with Crippen molar-refractivity contribution in [2.45, 2.75) is 30.3 Å². The molecule has 3 aliphatic rings. The van der Waals surface area contributed by atoms with Gasteiger partial charge in [0.1, 0.15) is 0 Å². The monoisotopic (exact) mass is 170 g/mol. The third-order valence-corrected chi connectivity index (χ3v) is 3.79. The van der Waals surface area contributed by atoms with Crippen LogP contribution in [0.2, 0.25) is 0 Å². The van der Waals surface area contributed by atoms with Gasteiger partial charge >= 0.3 is 0 Å². The van der Waals surface area contributed by atoms with Crippen molar-refractivity contribution in [2.24, 2.45) is 10.2 Å². The van der Waals surface area contributed by atoms with E-state index >= 15 is 0 Å². The van der Waals surface area contributed by atoms with Crippen molar-refractivity contribution in [1.82, 2.24) is 0 Å². The molecule has 2 nitrogen and oxygen atoms in total. The summed E-state index contributed by atoms with van der Waals surface area (Å²) in [4.78, 5) is 0. The Labute approximate surface area is 76.7 Å². The maximum atomic E-state index is 4.37. The number of nitrogens with zero attached hydrogens (tertiary/aromatic N) is 2. The van der Waals surface area contributed by atoms with Crippen LogP contribution in [-0.2, 0) is 0 Å². The zero-order chi connectivity index (χ0) is 8.41. The largest absolute Gasteiger partial charge is 0.190 e. The molecule has 0 amide bonds. The molecular weight excluding hydrogens is 160 g/mol. The van der Waals surface area contributed by atoms with Crippen LogP contribution in [0.4, 0.5) is 0 Å². The van der Waals surface area contributed by atoms with Crippen LogP contribution in [0.3, 0.4) is 0 Å². The van der Waals surface area contributed by atoms with Gasteiger partial charge in [-0.15, -0.1) is 0 Å². The van der Waals surface area contributed by atoms with Crippen molar-refractivity contribution in [2.75, 3.05) is 0 Å². The Morgan fingerprint density at radius 3 is 2.85 bits per heavy atom. The van der Waals surface area contributed by atoms with Gasteiger partial charge in [-0.25, -0.2) is 0 Å². The van der Waals surface area contributed by atoms with Gasteiger partial charge in [0.2, 0.25) is 0 Å². The standard InChI is InChI=1S/C11H10N2/c1-2-4-7-6(3-1)8-5-9-10(7)11(8)13-12-9/h1-4,8-11H,5H2/t8-,9-,10+,11+/m0/s1. The second kappa shape index (κ2) is 1.84. The summed E-state index contributed by atoms with van der Waals surface area (Å²) in [5.41, 5.74) is 3.08. The minimum Gasteiger partial charge on any atom is -0.190 e. The Morgan fingerprint density at radius 2 is 1.92 bits per heavy atom. The van der Waals surface area contributed by atoms with Gasteiger partial charge in [-0.3, -0.25) is 0 Å². The molecule has 0 N–H and O–H groups in total. The number of hydrogen-bond acceptors (Lipinski definition) is 2. The molecule has 4 rings (SSSR count). The van der Waals surface area contributed by atoms with Crippen molar-refractivity contribution >= 4 is 0 Å². The van der Waals surface area contributed by atoms with E-state index in [0.29, 0.717) is 23.9 Å². The van der Waals surface area contributed by atoms with E-state index in [-0.39, 0.29) is 0 Å². The first-order chi connectivity index (χ1) is 6.45. The van der Waals surface area contributed by atoms with Crippen LogP contribution in [0.25, 0.3) is 0 Å². The number of benzene rings is 1. The van der Waals surface area contributed by atoms with Gasteiger partial charge in [-0.05, 0) is 17.5 Å². The number of azo groups is 1. The molecule has 1 aromatic carbocycles. The first-order valence-corrected chi connectivity index (χ1v) is 4.94. The molecule has 13 heavy (non-hydrogen) atoms.